The number of ether oxygens (including phenoxy) is 1. The van der Waals surface area contributed by atoms with E-state index in [0.29, 0.717) is 12.2 Å². The third kappa shape index (κ3) is 2.83. The molecule has 1 N–H and O–H groups in total. The molecule has 1 aliphatic rings. The van der Waals surface area contributed by atoms with Gasteiger partial charge in [0.2, 0.25) is 0 Å². The first-order valence-electron chi connectivity index (χ1n) is 7.62. The fraction of sp³-hybridized carbons (Fsp3) is 0.467. The van der Waals surface area contributed by atoms with Crippen molar-refractivity contribution >= 4 is 11.5 Å². The quantitative estimate of drug-likeness (QED) is 0.850. The minimum Gasteiger partial charge on any atom is -0.376 e. The van der Waals surface area contributed by atoms with Crippen LogP contribution >= 0.6 is 0 Å². The summed E-state index contributed by atoms with van der Waals surface area (Å²) in [6.45, 7) is 1.42. The summed E-state index contributed by atoms with van der Waals surface area (Å²) in [7, 11) is 2.84. The molecule has 0 aliphatic carbocycles. The molecule has 0 bridgehead atoms. The highest BCUT2D eigenvalue weighted by atomic mass is 16.5. The van der Waals surface area contributed by atoms with Gasteiger partial charge in [0.1, 0.15) is 11.9 Å². The Bertz CT molecular complexity index is 911. The van der Waals surface area contributed by atoms with E-state index < -0.39 is 11.2 Å². The molecule has 0 saturated carbocycles. The number of nitriles is 1. The second-order valence-electron chi connectivity index (χ2n) is 5.75. The number of aromatic nitrogens is 4. The Kier molecular flexibility index (Phi) is 4.22. The maximum Gasteiger partial charge on any atom is 0.332 e. The molecule has 3 rings (SSSR count). The van der Waals surface area contributed by atoms with E-state index >= 15 is 0 Å². The second kappa shape index (κ2) is 6.33. The summed E-state index contributed by atoms with van der Waals surface area (Å²) in [5.74, 6) is 0.155. The Morgan fingerprint density at radius 3 is 2.88 bits per heavy atom. The highest BCUT2D eigenvalue weighted by molar-refractivity contribution is 5.61. The zero-order valence-corrected chi connectivity index (χ0v) is 13.5. The van der Waals surface area contributed by atoms with Gasteiger partial charge in [-0.15, -0.1) is 0 Å². The number of nitrogens with zero attached hydrogens (tertiary/aromatic N) is 5. The summed E-state index contributed by atoms with van der Waals surface area (Å²) in [5, 5.41) is 16.4. The van der Waals surface area contributed by atoms with Crippen LogP contribution in [0.4, 0.5) is 11.5 Å². The summed E-state index contributed by atoms with van der Waals surface area (Å²) < 4.78 is 9.45. The van der Waals surface area contributed by atoms with Crippen LogP contribution in [0.15, 0.2) is 22.0 Å². The first-order chi connectivity index (χ1) is 11.5. The number of nitrogens with one attached hydrogen (secondary N) is 1. The molecule has 1 atom stereocenters. The fourth-order valence-corrected chi connectivity index (χ4v) is 2.75. The van der Waals surface area contributed by atoms with Crippen molar-refractivity contribution in [3.05, 3.63) is 38.8 Å². The molecule has 2 aromatic rings. The Labute approximate surface area is 137 Å². The Balaban J connectivity index is 1.89. The molecule has 24 heavy (non-hydrogen) atoms. The van der Waals surface area contributed by atoms with Gasteiger partial charge < -0.3 is 10.1 Å². The van der Waals surface area contributed by atoms with Crippen molar-refractivity contribution in [2.24, 2.45) is 14.1 Å². The van der Waals surface area contributed by atoms with Gasteiger partial charge in [0.05, 0.1) is 24.5 Å². The molecular formula is C15H18N6O3. The van der Waals surface area contributed by atoms with E-state index in [0.717, 1.165) is 24.0 Å². The van der Waals surface area contributed by atoms with Crippen LogP contribution in [0.25, 0.3) is 0 Å². The van der Waals surface area contributed by atoms with Crippen LogP contribution in [0.5, 0.6) is 0 Å². The third-order valence-electron chi connectivity index (χ3n) is 4.09. The maximum atomic E-state index is 12.1. The van der Waals surface area contributed by atoms with Gasteiger partial charge in [0.15, 0.2) is 5.56 Å². The normalized spacial score (nSPS) is 17.0. The molecule has 9 heteroatoms. The van der Waals surface area contributed by atoms with Gasteiger partial charge in [-0.25, -0.2) is 4.79 Å². The molecular weight excluding hydrogens is 312 g/mol. The summed E-state index contributed by atoms with van der Waals surface area (Å²) in [6.07, 6.45) is 5.55. The third-order valence-corrected chi connectivity index (χ3v) is 4.09. The fourth-order valence-electron chi connectivity index (χ4n) is 2.75. The SMILES string of the molecule is Cn1c(Nc2cnn(C[C@@H]3CCCO3)c2)c(C#N)c(=O)n(C)c1=O. The van der Waals surface area contributed by atoms with E-state index in [4.69, 9.17) is 4.74 Å². The number of rotatable bonds is 4. The predicted octanol–water partition coefficient (Wildman–Crippen LogP) is 0.0748. The smallest absolute Gasteiger partial charge is 0.332 e. The molecule has 1 fully saturated rings. The lowest BCUT2D eigenvalue weighted by atomic mass is 10.2. The van der Waals surface area contributed by atoms with E-state index in [1.165, 1.54) is 18.7 Å². The molecule has 0 amide bonds. The second-order valence-corrected chi connectivity index (χ2v) is 5.75. The van der Waals surface area contributed by atoms with Crippen molar-refractivity contribution in [1.29, 1.82) is 5.26 Å². The number of anilines is 2. The molecule has 0 unspecified atom stereocenters. The lowest BCUT2D eigenvalue weighted by molar-refractivity contribution is 0.0940. The van der Waals surface area contributed by atoms with Crippen LogP contribution in [0.2, 0.25) is 0 Å². The average Bonchev–Trinajstić information content (AvgIpc) is 3.23. The van der Waals surface area contributed by atoms with Gasteiger partial charge in [0.25, 0.3) is 5.56 Å². The van der Waals surface area contributed by atoms with Gasteiger partial charge in [-0.3, -0.25) is 18.6 Å². The first kappa shape index (κ1) is 16.0. The van der Waals surface area contributed by atoms with Crippen molar-refractivity contribution in [2.45, 2.75) is 25.5 Å². The van der Waals surface area contributed by atoms with Gasteiger partial charge in [-0.1, -0.05) is 0 Å². The molecule has 0 aromatic carbocycles. The lowest BCUT2D eigenvalue weighted by Gasteiger charge is -2.12. The molecule has 1 saturated heterocycles. The predicted molar refractivity (Wildman–Crippen MR) is 86.1 cm³/mol. The molecule has 1 aliphatic heterocycles. The highest BCUT2D eigenvalue weighted by Crippen LogP contribution is 2.18. The summed E-state index contributed by atoms with van der Waals surface area (Å²) in [4.78, 5) is 24.1. The topological polar surface area (TPSA) is 107 Å². The number of hydrogen-bond donors (Lipinski definition) is 1. The minimum absolute atomic E-state index is 0.119. The highest BCUT2D eigenvalue weighted by Gasteiger charge is 2.18. The van der Waals surface area contributed by atoms with E-state index in [9.17, 15) is 14.9 Å². The molecule has 2 aromatic heterocycles. The van der Waals surface area contributed by atoms with Gasteiger partial charge in [-0.05, 0) is 12.8 Å². The van der Waals surface area contributed by atoms with Crippen molar-refractivity contribution in [3.63, 3.8) is 0 Å². The standard InChI is InChI=1S/C15H18N6O3/c1-19-13(12(6-16)14(22)20(2)15(19)23)18-10-7-17-21(8-10)9-11-4-3-5-24-11/h7-8,11,18H,3-5,9H2,1-2H3/t11-/m0/s1. The van der Waals surface area contributed by atoms with E-state index in [1.807, 2.05) is 6.07 Å². The zero-order valence-electron chi connectivity index (χ0n) is 13.5. The molecule has 0 radical (unpaired) electrons. The number of hydrogen-bond acceptors (Lipinski definition) is 6. The Hall–Kier alpha value is -2.86. The van der Waals surface area contributed by atoms with Crippen LogP contribution < -0.4 is 16.6 Å². The van der Waals surface area contributed by atoms with Crippen LogP contribution in [0.1, 0.15) is 18.4 Å². The zero-order chi connectivity index (χ0) is 17.3. The van der Waals surface area contributed by atoms with Crippen LogP contribution in [0, 0.1) is 11.3 Å². The van der Waals surface area contributed by atoms with Gasteiger partial charge >= 0.3 is 5.69 Å². The minimum atomic E-state index is -0.630. The van der Waals surface area contributed by atoms with Crippen molar-refractivity contribution in [2.75, 3.05) is 11.9 Å². The van der Waals surface area contributed by atoms with Crippen molar-refractivity contribution in [1.82, 2.24) is 18.9 Å². The van der Waals surface area contributed by atoms with E-state index in [2.05, 4.69) is 10.4 Å². The van der Waals surface area contributed by atoms with Crippen LogP contribution in [-0.2, 0) is 25.4 Å². The van der Waals surface area contributed by atoms with Gasteiger partial charge in [0, 0.05) is 26.9 Å². The largest absolute Gasteiger partial charge is 0.376 e. The Morgan fingerprint density at radius 1 is 1.42 bits per heavy atom. The molecule has 0 spiro atoms. The first-order valence-corrected chi connectivity index (χ1v) is 7.62. The lowest BCUT2D eigenvalue weighted by Crippen LogP contribution is -2.39. The van der Waals surface area contributed by atoms with Crippen molar-refractivity contribution < 1.29 is 4.74 Å². The van der Waals surface area contributed by atoms with Crippen LogP contribution in [0.3, 0.4) is 0 Å². The monoisotopic (exact) mass is 330 g/mol. The van der Waals surface area contributed by atoms with Crippen molar-refractivity contribution in [3.8, 4) is 6.07 Å². The van der Waals surface area contributed by atoms with E-state index in [-0.39, 0.29) is 17.5 Å². The molecule has 126 valence electrons. The molecule has 9 nitrogen and oxygen atoms in total. The maximum absolute atomic E-state index is 12.1. The summed E-state index contributed by atoms with van der Waals surface area (Å²) in [5.41, 5.74) is -0.665. The van der Waals surface area contributed by atoms with E-state index in [1.54, 1.807) is 17.1 Å². The molecule has 3 heterocycles. The summed E-state index contributed by atoms with van der Waals surface area (Å²) >= 11 is 0. The van der Waals surface area contributed by atoms with Gasteiger partial charge in [-0.2, -0.15) is 10.4 Å². The average molecular weight is 330 g/mol. The summed E-state index contributed by atoms with van der Waals surface area (Å²) in [6, 6.07) is 1.86. The van der Waals surface area contributed by atoms with Crippen LogP contribution in [-0.4, -0.2) is 31.6 Å². The Morgan fingerprint density at radius 2 is 2.21 bits per heavy atom.